The van der Waals surface area contributed by atoms with Crippen LogP contribution >= 0.6 is 23.2 Å². The molecule has 0 aliphatic carbocycles. The topological polar surface area (TPSA) is 84.9 Å². The molecule has 3 rings (SSSR count). The first-order valence-corrected chi connectivity index (χ1v) is 6.72. The summed E-state index contributed by atoms with van der Waals surface area (Å²) < 4.78 is 5.24. The van der Waals surface area contributed by atoms with Gasteiger partial charge in [0.2, 0.25) is 5.56 Å². The van der Waals surface area contributed by atoms with Gasteiger partial charge in [-0.15, -0.1) is 0 Å². The number of rotatable bonds is 2. The number of aromatic amines is 1. The summed E-state index contributed by atoms with van der Waals surface area (Å²) in [5.74, 6) is 0.566. The van der Waals surface area contributed by atoms with Crippen molar-refractivity contribution in [1.82, 2.24) is 10.1 Å². The van der Waals surface area contributed by atoms with E-state index in [1.165, 1.54) is 6.07 Å². The van der Waals surface area contributed by atoms with E-state index >= 15 is 0 Å². The zero-order valence-corrected chi connectivity index (χ0v) is 12.1. The standard InChI is InChI=1S/C14H9Cl2N3O2/c15-8-5-4-7(6-9(8)16)12-13(21-19-14(12)17)10-2-1-3-11(20)18-10/h1-6H,(H2,17,19)(H,18,20). The molecule has 3 aromatic rings. The Morgan fingerprint density at radius 2 is 1.95 bits per heavy atom. The van der Waals surface area contributed by atoms with Crippen LogP contribution in [-0.2, 0) is 0 Å². The van der Waals surface area contributed by atoms with Gasteiger partial charge in [-0.2, -0.15) is 0 Å². The van der Waals surface area contributed by atoms with Crippen LogP contribution in [-0.4, -0.2) is 10.1 Å². The van der Waals surface area contributed by atoms with Crippen LogP contribution in [0.2, 0.25) is 10.0 Å². The Kier molecular flexibility index (Phi) is 3.45. The van der Waals surface area contributed by atoms with Gasteiger partial charge in [0.1, 0.15) is 0 Å². The number of H-pyrrole nitrogens is 1. The van der Waals surface area contributed by atoms with Crippen LogP contribution in [0, 0.1) is 0 Å². The smallest absolute Gasteiger partial charge is 0.248 e. The number of nitrogens with two attached hydrogens (primary N) is 1. The molecule has 106 valence electrons. The number of nitrogens with one attached hydrogen (secondary N) is 1. The number of halogens is 2. The summed E-state index contributed by atoms with van der Waals surface area (Å²) in [7, 11) is 0. The summed E-state index contributed by atoms with van der Waals surface area (Å²) >= 11 is 11.9. The maximum Gasteiger partial charge on any atom is 0.248 e. The molecule has 0 aliphatic heterocycles. The highest BCUT2D eigenvalue weighted by Crippen LogP contribution is 2.37. The summed E-state index contributed by atoms with van der Waals surface area (Å²) in [6.45, 7) is 0. The zero-order chi connectivity index (χ0) is 15.0. The molecular formula is C14H9Cl2N3O2. The monoisotopic (exact) mass is 321 g/mol. The van der Waals surface area contributed by atoms with Crippen molar-refractivity contribution >= 4 is 29.0 Å². The molecular weight excluding hydrogens is 313 g/mol. The number of nitrogen functional groups attached to an aromatic ring is 1. The molecule has 0 spiro atoms. The zero-order valence-electron chi connectivity index (χ0n) is 10.6. The lowest BCUT2D eigenvalue weighted by Crippen LogP contribution is -2.03. The Labute approximate surface area is 129 Å². The van der Waals surface area contributed by atoms with E-state index in [0.717, 1.165) is 0 Å². The first kappa shape index (κ1) is 13.7. The van der Waals surface area contributed by atoms with Crippen LogP contribution < -0.4 is 11.3 Å². The van der Waals surface area contributed by atoms with Crippen molar-refractivity contribution in [3.8, 4) is 22.6 Å². The van der Waals surface area contributed by atoms with Gasteiger partial charge in [-0.3, -0.25) is 4.79 Å². The predicted molar refractivity (Wildman–Crippen MR) is 82.4 cm³/mol. The van der Waals surface area contributed by atoms with Crippen molar-refractivity contribution in [1.29, 1.82) is 0 Å². The van der Waals surface area contributed by atoms with Gasteiger partial charge in [0.25, 0.3) is 0 Å². The average molecular weight is 322 g/mol. The highest BCUT2D eigenvalue weighted by atomic mass is 35.5. The molecule has 0 aliphatic rings. The highest BCUT2D eigenvalue weighted by molar-refractivity contribution is 6.42. The highest BCUT2D eigenvalue weighted by Gasteiger charge is 2.19. The normalized spacial score (nSPS) is 10.8. The molecule has 0 amide bonds. The summed E-state index contributed by atoms with van der Waals surface area (Å²) in [4.78, 5) is 14.1. The third kappa shape index (κ3) is 2.53. The van der Waals surface area contributed by atoms with Gasteiger partial charge in [-0.05, 0) is 23.8 Å². The fourth-order valence-corrected chi connectivity index (χ4v) is 2.30. The van der Waals surface area contributed by atoms with E-state index in [-0.39, 0.29) is 11.4 Å². The number of hydrogen-bond acceptors (Lipinski definition) is 4. The van der Waals surface area contributed by atoms with Crippen LogP contribution in [0.5, 0.6) is 0 Å². The molecule has 1 aromatic carbocycles. The van der Waals surface area contributed by atoms with Gasteiger partial charge in [0, 0.05) is 6.07 Å². The van der Waals surface area contributed by atoms with Gasteiger partial charge in [0.15, 0.2) is 11.6 Å². The molecule has 3 N–H and O–H groups in total. The van der Waals surface area contributed by atoms with Crippen LogP contribution in [0.3, 0.4) is 0 Å². The molecule has 0 atom stereocenters. The van der Waals surface area contributed by atoms with Crippen molar-refractivity contribution in [2.75, 3.05) is 5.73 Å². The molecule has 2 aromatic heterocycles. The fourth-order valence-electron chi connectivity index (χ4n) is 2.00. The Balaban J connectivity index is 2.21. The van der Waals surface area contributed by atoms with Crippen molar-refractivity contribution in [2.24, 2.45) is 0 Å². The Bertz CT molecular complexity index is 871. The maximum absolute atomic E-state index is 11.4. The lowest BCUT2D eigenvalue weighted by molar-refractivity contribution is 0.434. The van der Waals surface area contributed by atoms with Crippen LogP contribution in [0.1, 0.15) is 0 Å². The molecule has 0 saturated heterocycles. The quantitative estimate of drug-likeness (QED) is 0.755. The lowest BCUT2D eigenvalue weighted by Gasteiger charge is -2.04. The van der Waals surface area contributed by atoms with Crippen molar-refractivity contribution in [3.63, 3.8) is 0 Å². The number of anilines is 1. The van der Waals surface area contributed by atoms with Crippen molar-refractivity contribution in [2.45, 2.75) is 0 Å². The van der Waals surface area contributed by atoms with Gasteiger partial charge in [0.05, 0.1) is 21.3 Å². The minimum Gasteiger partial charge on any atom is -0.380 e. The third-order valence-corrected chi connectivity index (χ3v) is 3.68. The Morgan fingerprint density at radius 1 is 1.14 bits per heavy atom. The molecule has 0 bridgehead atoms. The van der Waals surface area contributed by atoms with Crippen molar-refractivity contribution in [3.05, 3.63) is 56.8 Å². The average Bonchev–Trinajstić information content (AvgIpc) is 2.84. The number of aromatic nitrogens is 2. The van der Waals surface area contributed by atoms with Crippen LogP contribution in [0.15, 0.2) is 45.7 Å². The summed E-state index contributed by atoms with van der Waals surface area (Å²) in [6, 6.07) is 9.79. The summed E-state index contributed by atoms with van der Waals surface area (Å²) in [5.41, 5.74) is 7.34. The van der Waals surface area contributed by atoms with Gasteiger partial charge >= 0.3 is 0 Å². The second-order valence-electron chi connectivity index (χ2n) is 4.33. The first-order valence-electron chi connectivity index (χ1n) is 5.96. The molecule has 2 heterocycles. The minimum atomic E-state index is -0.248. The van der Waals surface area contributed by atoms with Gasteiger partial charge in [-0.25, -0.2) is 0 Å². The number of benzene rings is 1. The van der Waals surface area contributed by atoms with Crippen molar-refractivity contribution < 1.29 is 4.52 Å². The number of nitrogens with zero attached hydrogens (tertiary/aromatic N) is 1. The number of pyridine rings is 1. The van der Waals surface area contributed by atoms with Gasteiger partial charge < -0.3 is 15.2 Å². The van der Waals surface area contributed by atoms with Crippen LogP contribution in [0.25, 0.3) is 22.6 Å². The molecule has 21 heavy (non-hydrogen) atoms. The van der Waals surface area contributed by atoms with E-state index in [4.69, 9.17) is 33.5 Å². The van der Waals surface area contributed by atoms with Gasteiger partial charge in [-0.1, -0.05) is 40.5 Å². The maximum atomic E-state index is 11.4. The number of hydrogen-bond donors (Lipinski definition) is 2. The second-order valence-corrected chi connectivity index (χ2v) is 5.14. The molecule has 7 heteroatoms. The second kappa shape index (κ2) is 5.27. The molecule has 5 nitrogen and oxygen atoms in total. The van der Waals surface area contributed by atoms with Crippen LogP contribution in [0.4, 0.5) is 5.82 Å². The minimum absolute atomic E-state index is 0.202. The Morgan fingerprint density at radius 3 is 2.67 bits per heavy atom. The van der Waals surface area contributed by atoms with E-state index in [1.54, 1.807) is 30.3 Å². The van der Waals surface area contributed by atoms with E-state index in [9.17, 15) is 4.79 Å². The van der Waals surface area contributed by atoms with E-state index in [0.29, 0.717) is 32.6 Å². The summed E-state index contributed by atoms with van der Waals surface area (Å²) in [5, 5.41) is 4.58. The molecule has 0 radical (unpaired) electrons. The SMILES string of the molecule is Nc1noc(-c2cccc(=O)[nH]2)c1-c1ccc(Cl)c(Cl)c1. The predicted octanol–water partition coefficient (Wildman–Crippen LogP) is 3.59. The van der Waals surface area contributed by atoms with E-state index < -0.39 is 0 Å². The van der Waals surface area contributed by atoms with E-state index in [2.05, 4.69) is 10.1 Å². The largest absolute Gasteiger partial charge is 0.380 e. The van der Waals surface area contributed by atoms with E-state index in [1.807, 2.05) is 0 Å². The third-order valence-electron chi connectivity index (χ3n) is 2.94. The fraction of sp³-hybridized carbons (Fsp3) is 0. The molecule has 0 fully saturated rings. The first-order chi connectivity index (χ1) is 10.1. The molecule has 0 saturated carbocycles. The lowest BCUT2D eigenvalue weighted by atomic mass is 10.0. The Hall–Kier alpha value is -2.24. The summed E-state index contributed by atoms with van der Waals surface area (Å²) in [6.07, 6.45) is 0. The molecule has 0 unspecified atom stereocenters.